The number of amides is 2. The van der Waals surface area contributed by atoms with E-state index in [9.17, 15) is 9.59 Å². The molecule has 1 aliphatic heterocycles. The molecule has 2 aliphatic rings. The highest BCUT2D eigenvalue weighted by atomic mass is 16.3. The van der Waals surface area contributed by atoms with Gasteiger partial charge in [-0.15, -0.1) is 0 Å². The van der Waals surface area contributed by atoms with Gasteiger partial charge in [-0.1, -0.05) is 6.42 Å². The van der Waals surface area contributed by atoms with E-state index in [0.29, 0.717) is 18.9 Å². The quantitative estimate of drug-likeness (QED) is 0.636. The second-order valence-electron chi connectivity index (χ2n) is 5.02. The number of hydrogen-bond acceptors (Lipinski definition) is 3. The van der Waals surface area contributed by atoms with Crippen molar-refractivity contribution in [1.29, 1.82) is 0 Å². The lowest BCUT2D eigenvalue weighted by atomic mass is 9.99. The van der Waals surface area contributed by atoms with Crippen molar-refractivity contribution in [3.63, 3.8) is 0 Å². The zero-order valence-corrected chi connectivity index (χ0v) is 9.95. The van der Waals surface area contributed by atoms with Crippen LogP contribution in [-0.2, 0) is 9.59 Å². The van der Waals surface area contributed by atoms with Gasteiger partial charge in [0.15, 0.2) is 0 Å². The molecule has 0 spiro atoms. The van der Waals surface area contributed by atoms with Crippen molar-refractivity contribution in [3.8, 4) is 0 Å². The van der Waals surface area contributed by atoms with E-state index in [1.54, 1.807) is 0 Å². The fraction of sp³-hybridized carbons (Fsp3) is 0.833. The van der Waals surface area contributed by atoms with Crippen molar-refractivity contribution in [1.82, 2.24) is 10.6 Å². The predicted molar refractivity (Wildman–Crippen MR) is 62.1 cm³/mol. The van der Waals surface area contributed by atoms with Crippen molar-refractivity contribution >= 4 is 11.8 Å². The highest BCUT2D eigenvalue weighted by Gasteiger charge is 2.33. The highest BCUT2D eigenvalue weighted by molar-refractivity contribution is 5.89. The lowest BCUT2D eigenvalue weighted by Crippen LogP contribution is -2.41. The van der Waals surface area contributed by atoms with E-state index in [2.05, 4.69) is 10.6 Å². The average molecular weight is 240 g/mol. The Bertz CT molecular complexity index is 306. The summed E-state index contributed by atoms with van der Waals surface area (Å²) in [6.07, 6.45) is 4.24. The van der Waals surface area contributed by atoms with Gasteiger partial charge in [0.1, 0.15) is 0 Å². The van der Waals surface area contributed by atoms with Crippen molar-refractivity contribution in [2.24, 2.45) is 11.8 Å². The van der Waals surface area contributed by atoms with Crippen molar-refractivity contribution in [2.75, 3.05) is 13.2 Å². The maximum Gasteiger partial charge on any atom is 0.225 e. The zero-order valence-electron chi connectivity index (χ0n) is 9.95. The third kappa shape index (κ3) is 2.97. The van der Waals surface area contributed by atoms with E-state index < -0.39 is 0 Å². The fourth-order valence-corrected chi connectivity index (χ4v) is 2.83. The number of aliphatic hydroxyl groups excluding tert-OH is 1. The molecule has 2 rings (SSSR count). The van der Waals surface area contributed by atoms with Crippen LogP contribution in [0.5, 0.6) is 0 Å². The minimum absolute atomic E-state index is 0.0156. The highest BCUT2D eigenvalue weighted by Crippen LogP contribution is 2.28. The van der Waals surface area contributed by atoms with Crippen LogP contribution in [0.3, 0.4) is 0 Å². The molecule has 1 aliphatic carbocycles. The maximum atomic E-state index is 11.9. The molecule has 0 aromatic heterocycles. The van der Waals surface area contributed by atoms with Gasteiger partial charge >= 0.3 is 0 Å². The van der Waals surface area contributed by atoms with Crippen LogP contribution in [0.4, 0.5) is 0 Å². The summed E-state index contributed by atoms with van der Waals surface area (Å²) in [7, 11) is 0. The van der Waals surface area contributed by atoms with E-state index in [1.807, 2.05) is 0 Å². The van der Waals surface area contributed by atoms with Crippen LogP contribution in [-0.4, -0.2) is 36.1 Å². The largest absolute Gasteiger partial charge is 0.396 e. The van der Waals surface area contributed by atoms with Crippen LogP contribution in [0.25, 0.3) is 0 Å². The van der Waals surface area contributed by atoms with Crippen LogP contribution in [0.2, 0.25) is 0 Å². The third-order valence-corrected chi connectivity index (χ3v) is 3.83. The Morgan fingerprint density at radius 2 is 2.29 bits per heavy atom. The second-order valence-corrected chi connectivity index (χ2v) is 5.02. The first-order valence-corrected chi connectivity index (χ1v) is 6.38. The summed E-state index contributed by atoms with van der Waals surface area (Å²) in [5, 5.41) is 14.7. The van der Waals surface area contributed by atoms with Gasteiger partial charge in [-0.2, -0.15) is 0 Å². The topological polar surface area (TPSA) is 78.4 Å². The van der Waals surface area contributed by atoms with Gasteiger partial charge in [0.25, 0.3) is 0 Å². The molecule has 0 radical (unpaired) electrons. The minimum atomic E-state index is -0.210. The van der Waals surface area contributed by atoms with E-state index in [1.165, 1.54) is 0 Å². The lowest BCUT2D eigenvalue weighted by molar-refractivity contribution is -0.127. The van der Waals surface area contributed by atoms with Crippen LogP contribution in [0.15, 0.2) is 0 Å². The zero-order chi connectivity index (χ0) is 12.3. The summed E-state index contributed by atoms with van der Waals surface area (Å²) in [5.41, 5.74) is 0. The van der Waals surface area contributed by atoms with Gasteiger partial charge < -0.3 is 15.7 Å². The standard InChI is InChI=1S/C12H20N2O3/c15-5-4-8-2-1-3-10(8)14-12(17)9-6-11(16)13-7-9/h8-10,15H,1-7H2,(H,13,16)(H,14,17). The van der Waals surface area contributed by atoms with Gasteiger partial charge in [0, 0.05) is 25.6 Å². The van der Waals surface area contributed by atoms with Crippen LogP contribution in [0, 0.1) is 11.8 Å². The molecule has 3 N–H and O–H groups in total. The summed E-state index contributed by atoms with van der Waals surface area (Å²) in [6.45, 7) is 0.641. The van der Waals surface area contributed by atoms with Gasteiger partial charge in [0.05, 0.1) is 5.92 Å². The number of aliphatic hydroxyl groups is 1. The molecule has 1 saturated carbocycles. The Labute approximate surface area is 101 Å². The van der Waals surface area contributed by atoms with E-state index in [0.717, 1.165) is 25.7 Å². The van der Waals surface area contributed by atoms with E-state index in [-0.39, 0.29) is 30.4 Å². The monoisotopic (exact) mass is 240 g/mol. The predicted octanol–water partition coefficient (Wildman–Crippen LogP) is -0.210. The van der Waals surface area contributed by atoms with Crippen LogP contribution < -0.4 is 10.6 Å². The van der Waals surface area contributed by atoms with Gasteiger partial charge in [-0.05, 0) is 25.2 Å². The normalized spacial score (nSPS) is 32.5. The molecule has 0 aromatic carbocycles. The number of rotatable bonds is 4. The van der Waals surface area contributed by atoms with Crippen LogP contribution in [0.1, 0.15) is 32.1 Å². The molecule has 1 heterocycles. The maximum absolute atomic E-state index is 11.9. The summed E-state index contributed by atoms with van der Waals surface area (Å²) in [5.74, 6) is 0.133. The molecule has 96 valence electrons. The van der Waals surface area contributed by atoms with Gasteiger partial charge in [-0.3, -0.25) is 9.59 Å². The van der Waals surface area contributed by atoms with Crippen molar-refractivity contribution in [3.05, 3.63) is 0 Å². The Balaban J connectivity index is 1.83. The second kappa shape index (κ2) is 5.49. The van der Waals surface area contributed by atoms with Crippen molar-refractivity contribution < 1.29 is 14.7 Å². The first-order valence-electron chi connectivity index (χ1n) is 6.38. The number of carbonyl (C=O) groups is 2. The number of hydrogen-bond donors (Lipinski definition) is 3. The molecule has 0 bridgehead atoms. The molecule has 2 fully saturated rings. The molecule has 17 heavy (non-hydrogen) atoms. The number of nitrogens with one attached hydrogen (secondary N) is 2. The fourth-order valence-electron chi connectivity index (χ4n) is 2.83. The lowest BCUT2D eigenvalue weighted by Gasteiger charge is -2.21. The van der Waals surface area contributed by atoms with Gasteiger partial charge in [-0.25, -0.2) is 0 Å². The molecule has 3 unspecified atom stereocenters. The molecule has 3 atom stereocenters. The minimum Gasteiger partial charge on any atom is -0.396 e. The number of carbonyl (C=O) groups excluding carboxylic acids is 2. The molecular weight excluding hydrogens is 220 g/mol. The molecular formula is C12H20N2O3. The molecule has 0 aromatic rings. The summed E-state index contributed by atoms with van der Waals surface area (Å²) in [6, 6.07) is 0.186. The Hall–Kier alpha value is -1.10. The molecule has 2 amide bonds. The first kappa shape index (κ1) is 12.4. The van der Waals surface area contributed by atoms with Crippen molar-refractivity contribution in [2.45, 2.75) is 38.1 Å². The summed E-state index contributed by atoms with van der Waals surface area (Å²) in [4.78, 5) is 23.0. The SMILES string of the molecule is O=C1CC(C(=O)NC2CCCC2CCO)CN1. The van der Waals surface area contributed by atoms with E-state index >= 15 is 0 Å². The average Bonchev–Trinajstić information content (AvgIpc) is 2.89. The first-order chi connectivity index (χ1) is 8.20. The molecule has 5 nitrogen and oxygen atoms in total. The molecule has 5 heteroatoms. The Kier molecular flexibility index (Phi) is 3.99. The van der Waals surface area contributed by atoms with Crippen LogP contribution >= 0.6 is 0 Å². The summed E-state index contributed by atoms with van der Waals surface area (Å²) < 4.78 is 0. The smallest absolute Gasteiger partial charge is 0.225 e. The molecule has 1 saturated heterocycles. The third-order valence-electron chi connectivity index (χ3n) is 3.83. The Morgan fingerprint density at radius 1 is 1.47 bits per heavy atom. The van der Waals surface area contributed by atoms with Gasteiger partial charge in [0.2, 0.25) is 11.8 Å². The Morgan fingerprint density at radius 3 is 2.94 bits per heavy atom. The summed E-state index contributed by atoms with van der Waals surface area (Å²) >= 11 is 0. The van der Waals surface area contributed by atoms with E-state index in [4.69, 9.17) is 5.11 Å².